The van der Waals surface area contributed by atoms with Crippen LogP contribution < -0.4 is 5.32 Å². The van der Waals surface area contributed by atoms with Gasteiger partial charge in [0.25, 0.3) is 5.91 Å². The molecule has 1 heterocycles. The first kappa shape index (κ1) is 12.2. The van der Waals surface area contributed by atoms with Crippen molar-refractivity contribution in [1.29, 1.82) is 0 Å². The topological polar surface area (TPSA) is 107 Å². The quantitative estimate of drug-likeness (QED) is 0.431. The maximum atomic E-state index is 11.6. The van der Waals surface area contributed by atoms with Crippen LogP contribution in [0.3, 0.4) is 0 Å². The van der Waals surface area contributed by atoms with E-state index >= 15 is 0 Å². The van der Waals surface area contributed by atoms with Gasteiger partial charge in [0.2, 0.25) is 5.91 Å². The lowest BCUT2D eigenvalue weighted by atomic mass is 9.91. The molecule has 1 aliphatic heterocycles. The van der Waals surface area contributed by atoms with Crippen LogP contribution in [0.25, 0.3) is 0 Å². The van der Waals surface area contributed by atoms with Gasteiger partial charge in [0, 0.05) is 30.4 Å². The maximum absolute atomic E-state index is 11.6. The molecule has 1 aliphatic carbocycles. The van der Waals surface area contributed by atoms with E-state index in [1.807, 2.05) is 0 Å². The van der Waals surface area contributed by atoms with Gasteiger partial charge >= 0.3 is 0 Å². The number of hydrogen-bond acceptors (Lipinski definition) is 5. The Hall–Kier alpha value is -1.24. The third kappa shape index (κ3) is 2.11. The molecule has 0 unspecified atom stereocenters. The zero-order valence-corrected chi connectivity index (χ0v) is 9.17. The van der Waals surface area contributed by atoms with Crippen LogP contribution in [0, 0.1) is 11.8 Å². The maximum Gasteiger partial charge on any atom is 0.253 e. The molecule has 1 fully saturated rings. The van der Waals surface area contributed by atoms with Crippen molar-refractivity contribution in [2.24, 2.45) is 11.8 Å². The second-order valence-corrected chi connectivity index (χ2v) is 4.51. The minimum atomic E-state index is -1.07. The Morgan fingerprint density at radius 3 is 2.53 bits per heavy atom. The van der Waals surface area contributed by atoms with Crippen molar-refractivity contribution >= 4 is 11.8 Å². The molecule has 6 heteroatoms. The highest BCUT2D eigenvalue weighted by atomic mass is 16.3. The van der Waals surface area contributed by atoms with Gasteiger partial charge in [-0.15, -0.1) is 0 Å². The van der Waals surface area contributed by atoms with Gasteiger partial charge in [0.1, 0.15) is 0 Å². The van der Waals surface area contributed by atoms with Gasteiger partial charge in [-0.2, -0.15) is 0 Å². The standard InChI is InChI=1S/C11H15NO5/c13-4-5-3-7(10(16)9(5)15)6-1-2-8(14)12-11(6)17/h1,5,7,9-10,13,15-16H,2-4H2,(H,12,14,17)/t5-,7+,9-,10+/m1/s1. The zero-order valence-electron chi connectivity index (χ0n) is 9.17. The summed E-state index contributed by atoms with van der Waals surface area (Å²) in [7, 11) is 0. The number of carbonyl (C=O) groups is 2. The van der Waals surface area contributed by atoms with Crippen LogP contribution in [0.15, 0.2) is 11.6 Å². The van der Waals surface area contributed by atoms with Crippen LogP contribution in [0.2, 0.25) is 0 Å². The Morgan fingerprint density at radius 2 is 2.00 bits per heavy atom. The molecule has 1 saturated carbocycles. The minimum absolute atomic E-state index is 0.101. The second-order valence-electron chi connectivity index (χ2n) is 4.51. The molecule has 0 radical (unpaired) electrons. The molecule has 94 valence electrons. The molecule has 17 heavy (non-hydrogen) atoms. The van der Waals surface area contributed by atoms with Gasteiger partial charge in [-0.1, -0.05) is 6.08 Å². The fourth-order valence-corrected chi connectivity index (χ4v) is 2.48. The number of rotatable bonds is 2. The van der Waals surface area contributed by atoms with E-state index in [1.54, 1.807) is 0 Å². The smallest absolute Gasteiger partial charge is 0.253 e. The van der Waals surface area contributed by atoms with Gasteiger partial charge in [0.15, 0.2) is 0 Å². The number of carbonyl (C=O) groups excluding carboxylic acids is 2. The van der Waals surface area contributed by atoms with Gasteiger partial charge in [0.05, 0.1) is 12.2 Å². The highest BCUT2D eigenvalue weighted by Gasteiger charge is 2.44. The lowest BCUT2D eigenvalue weighted by molar-refractivity contribution is -0.129. The summed E-state index contributed by atoms with van der Waals surface area (Å²) in [5.74, 6) is -1.84. The van der Waals surface area contributed by atoms with Gasteiger partial charge in [-0.3, -0.25) is 14.9 Å². The average Bonchev–Trinajstić information content (AvgIpc) is 2.57. The third-order valence-electron chi connectivity index (χ3n) is 3.46. The first-order valence-electron chi connectivity index (χ1n) is 5.55. The van der Waals surface area contributed by atoms with Crippen molar-refractivity contribution in [3.8, 4) is 0 Å². The van der Waals surface area contributed by atoms with Crippen molar-refractivity contribution in [3.05, 3.63) is 11.6 Å². The average molecular weight is 241 g/mol. The van der Waals surface area contributed by atoms with Crippen LogP contribution in [0.5, 0.6) is 0 Å². The highest BCUT2D eigenvalue weighted by molar-refractivity contribution is 6.07. The van der Waals surface area contributed by atoms with Crippen molar-refractivity contribution < 1.29 is 24.9 Å². The number of imide groups is 1. The molecule has 0 bridgehead atoms. The third-order valence-corrected chi connectivity index (χ3v) is 3.46. The number of aliphatic hydroxyl groups excluding tert-OH is 3. The Labute approximate surface area is 97.9 Å². The number of aliphatic hydroxyl groups is 3. The summed E-state index contributed by atoms with van der Waals surface area (Å²) in [6.07, 6.45) is -0.175. The lowest BCUT2D eigenvalue weighted by Crippen LogP contribution is -2.39. The van der Waals surface area contributed by atoms with Crippen LogP contribution in [-0.2, 0) is 9.59 Å². The van der Waals surface area contributed by atoms with E-state index in [-0.39, 0.29) is 18.9 Å². The first-order chi connectivity index (χ1) is 8.04. The predicted molar refractivity (Wildman–Crippen MR) is 56.5 cm³/mol. The van der Waals surface area contributed by atoms with Gasteiger partial charge < -0.3 is 15.3 Å². The molecule has 0 aromatic rings. The molecule has 2 amide bonds. The SMILES string of the molecule is O=C1CC=C([C@@H]2C[C@H](CO)[C@@H](O)[C@H]2O)C(=O)N1. The van der Waals surface area contributed by atoms with Crippen molar-refractivity contribution in [1.82, 2.24) is 5.32 Å². The van der Waals surface area contributed by atoms with Gasteiger partial charge in [-0.25, -0.2) is 0 Å². The Kier molecular flexibility index (Phi) is 3.28. The number of amides is 2. The Morgan fingerprint density at radius 1 is 1.29 bits per heavy atom. The molecule has 2 rings (SSSR count). The molecule has 2 aliphatic rings. The van der Waals surface area contributed by atoms with Crippen molar-refractivity contribution in [2.75, 3.05) is 6.61 Å². The van der Waals surface area contributed by atoms with E-state index in [1.165, 1.54) is 6.08 Å². The molecule has 6 nitrogen and oxygen atoms in total. The van der Waals surface area contributed by atoms with E-state index in [0.29, 0.717) is 12.0 Å². The molecule has 4 N–H and O–H groups in total. The largest absolute Gasteiger partial charge is 0.396 e. The molecule has 0 aromatic carbocycles. The van der Waals surface area contributed by atoms with Crippen LogP contribution in [0.4, 0.5) is 0 Å². The van der Waals surface area contributed by atoms with Gasteiger partial charge in [-0.05, 0) is 6.42 Å². The Bertz CT molecular complexity index is 378. The summed E-state index contributed by atoms with van der Waals surface area (Å²) < 4.78 is 0. The summed E-state index contributed by atoms with van der Waals surface area (Å²) in [6, 6.07) is 0. The summed E-state index contributed by atoms with van der Waals surface area (Å²) in [6.45, 7) is -0.234. The molecular formula is C11H15NO5. The minimum Gasteiger partial charge on any atom is -0.396 e. The van der Waals surface area contributed by atoms with E-state index in [2.05, 4.69) is 5.32 Å². The summed E-state index contributed by atoms with van der Waals surface area (Å²) in [5, 5.41) is 30.7. The highest BCUT2D eigenvalue weighted by Crippen LogP contribution is 2.36. The second kappa shape index (κ2) is 4.56. The summed E-state index contributed by atoms with van der Waals surface area (Å²) >= 11 is 0. The van der Waals surface area contributed by atoms with Crippen molar-refractivity contribution in [2.45, 2.75) is 25.0 Å². The molecule has 0 saturated heterocycles. The van der Waals surface area contributed by atoms with Crippen LogP contribution >= 0.6 is 0 Å². The lowest BCUT2D eigenvalue weighted by Gasteiger charge is -2.21. The normalized spacial score (nSPS) is 37.9. The van der Waals surface area contributed by atoms with E-state index < -0.39 is 30.0 Å². The molecule has 0 spiro atoms. The summed E-state index contributed by atoms with van der Waals surface area (Å²) in [4.78, 5) is 22.6. The molecular weight excluding hydrogens is 226 g/mol. The van der Waals surface area contributed by atoms with E-state index in [0.717, 1.165) is 0 Å². The summed E-state index contributed by atoms with van der Waals surface area (Å²) in [5.41, 5.74) is 0.326. The predicted octanol–water partition coefficient (Wildman–Crippen LogP) is -1.69. The van der Waals surface area contributed by atoms with Crippen molar-refractivity contribution in [3.63, 3.8) is 0 Å². The Balaban J connectivity index is 2.18. The van der Waals surface area contributed by atoms with Crippen LogP contribution in [-0.4, -0.2) is 45.9 Å². The van der Waals surface area contributed by atoms with E-state index in [9.17, 15) is 19.8 Å². The fourth-order valence-electron chi connectivity index (χ4n) is 2.48. The first-order valence-corrected chi connectivity index (χ1v) is 5.55. The van der Waals surface area contributed by atoms with E-state index in [4.69, 9.17) is 5.11 Å². The zero-order chi connectivity index (χ0) is 12.6. The van der Waals surface area contributed by atoms with Crippen LogP contribution in [0.1, 0.15) is 12.8 Å². The fraction of sp³-hybridized carbons (Fsp3) is 0.636. The monoisotopic (exact) mass is 241 g/mol. The molecule has 4 atom stereocenters. The molecule has 0 aromatic heterocycles. The number of hydrogen-bond donors (Lipinski definition) is 4. The number of nitrogens with one attached hydrogen (secondary N) is 1.